The Morgan fingerprint density at radius 1 is 1.25 bits per heavy atom. The molecule has 1 aromatic rings. The molecule has 2 amide bonds. The van der Waals surface area contributed by atoms with Crippen LogP contribution in [0.15, 0.2) is 22.7 Å². The van der Waals surface area contributed by atoms with Crippen LogP contribution in [0.5, 0.6) is 0 Å². The monoisotopic (exact) mass is 336 g/mol. The normalized spacial score (nSPS) is 23.0. The third kappa shape index (κ3) is 2.24. The van der Waals surface area contributed by atoms with Gasteiger partial charge in [0.1, 0.15) is 12.6 Å². The maximum atomic E-state index is 12.6. The van der Waals surface area contributed by atoms with E-state index in [1.807, 2.05) is 25.1 Å². The van der Waals surface area contributed by atoms with Crippen molar-refractivity contribution < 1.29 is 9.59 Å². The smallest absolute Gasteiger partial charge is 0.250 e. The first-order valence-electron chi connectivity index (χ1n) is 6.95. The number of nitrogens with zero attached hydrogens (tertiary/aromatic N) is 2. The number of anilines is 1. The van der Waals surface area contributed by atoms with Gasteiger partial charge >= 0.3 is 0 Å². The minimum Gasteiger partial charge on any atom is -0.329 e. The Kier molecular flexibility index (Phi) is 3.54. The van der Waals surface area contributed by atoms with Gasteiger partial charge in [-0.15, -0.1) is 0 Å². The van der Waals surface area contributed by atoms with Crippen molar-refractivity contribution in [1.29, 1.82) is 0 Å². The first-order valence-corrected chi connectivity index (χ1v) is 7.74. The van der Waals surface area contributed by atoms with Gasteiger partial charge in [0.25, 0.3) is 0 Å². The molecule has 4 nitrogen and oxygen atoms in total. The van der Waals surface area contributed by atoms with Crippen molar-refractivity contribution in [3.05, 3.63) is 28.2 Å². The van der Waals surface area contributed by atoms with Gasteiger partial charge in [-0.25, -0.2) is 0 Å². The van der Waals surface area contributed by atoms with Crippen LogP contribution in [0.2, 0.25) is 0 Å². The highest BCUT2D eigenvalue weighted by atomic mass is 79.9. The van der Waals surface area contributed by atoms with Gasteiger partial charge in [-0.3, -0.25) is 9.59 Å². The van der Waals surface area contributed by atoms with Crippen molar-refractivity contribution in [1.82, 2.24) is 4.90 Å². The molecule has 2 aliphatic rings. The van der Waals surface area contributed by atoms with Gasteiger partial charge in [-0.1, -0.05) is 15.9 Å². The van der Waals surface area contributed by atoms with Gasteiger partial charge in [0, 0.05) is 16.7 Å². The van der Waals surface area contributed by atoms with E-state index in [4.69, 9.17) is 0 Å². The Labute approximate surface area is 126 Å². The summed E-state index contributed by atoms with van der Waals surface area (Å²) in [5, 5.41) is 0. The fourth-order valence-electron chi connectivity index (χ4n) is 2.99. The molecule has 0 saturated carbocycles. The van der Waals surface area contributed by atoms with Crippen LogP contribution in [-0.2, 0) is 9.59 Å². The summed E-state index contributed by atoms with van der Waals surface area (Å²) in [6.45, 7) is 2.87. The molecular weight excluding hydrogens is 320 g/mol. The molecule has 0 bridgehead atoms. The summed E-state index contributed by atoms with van der Waals surface area (Å²) in [5.74, 6) is 0.126. The third-order valence-corrected chi connectivity index (χ3v) is 5.01. The minimum atomic E-state index is -0.256. The molecule has 2 aliphatic heterocycles. The third-order valence-electron chi connectivity index (χ3n) is 4.12. The number of halogens is 1. The summed E-state index contributed by atoms with van der Waals surface area (Å²) in [6.07, 6.45) is 2.82. The summed E-state index contributed by atoms with van der Waals surface area (Å²) in [6, 6.07) is 5.51. The predicted octanol–water partition coefficient (Wildman–Crippen LogP) is 2.49. The lowest BCUT2D eigenvalue weighted by molar-refractivity contribution is -0.144. The van der Waals surface area contributed by atoms with Crippen LogP contribution in [0.1, 0.15) is 24.8 Å². The standard InChI is InChI=1S/C15H17BrN2O2/c1-10-8-11(5-6-12(10)16)18-9-14(19)17-7-3-2-4-13(17)15(18)20/h5-6,8,13H,2-4,7,9H2,1H3. The highest BCUT2D eigenvalue weighted by Gasteiger charge is 2.40. The van der Waals surface area contributed by atoms with Crippen LogP contribution in [0.3, 0.4) is 0 Å². The second-order valence-corrected chi connectivity index (χ2v) is 6.31. The molecule has 1 unspecified atom stereocenters. The number of carbonyl (C=O) groups is 2. The summed E-state index contributed by atoms with van der Waals surface area (Å²) in [5.41, 5.74) is 1.88. The molecule has 0 aromatic heterocycles. The minimum absolute atomic E-state index is 0.0611. The molecule has 2 saturated heterocycles. The van der Waals surface area contributed by atoms with Gasteiger partial charge in [0.05, 0.1) is 0 Å². The number of aryl methyl sites for hydroxylation is 1. The molecule has 0 aliphatic carbocycles. The molecule has 2 heterocycles. The Morgan fingerprint density at radius 3 is 2.80 bits per heavy atom. The van der Waals surface area contributed by atoms with Crippen LogP contribution in [0, 0.1) is 6.92 Å². The van der Waals surface area contributed by atoms with Gasteiger partial charge in [-0.2, -0.15) is 0 Å². The zero-order valence-corrected chi connectivity index (χ0v) is 13.0. The predicted molar refractivity (Wildman–Crippen MR) is 80.6 cm³/mol. The molecule has 106 valence electrons. The van der Waals surface area contributed by atoms with E-state index in [-0.39, 0.29) is 24.4 Å². The number of benzene rings is 1. The molecule has 20 heavy (non-hydrogen) atoms. The summed E-state index contributed by atoms with van der Waals surface area (Å²) < 4.78 is 1.01. The first kappa shape index (κ1) is 13.6. The van der Waals surface area contributed by atoms with E-state index in [0.29, 0.717) is 0 Å². The van der Waals surface area contributed by atoms with Gasteiger partial charge in [-0.05, 0) is 49.9 Å². The van der Waals surface area contributed by atoms with Crippen molar-refractivity contribution in [3.63, 3.8) is 0 Å². The number of rotatable bonds is 1. The summed E-state index contributed by atoms with van der Waals surface area (Å²) in [7, 11) is 0. The highest BCUT2D eigenvalue weighted by molar-refractivity contribution is 9.10. The molecular formula is C15H17BrN2O2. The number of hydrogen-bond acceptors (Lipinski definition) is 2. The van der Waals surface area contributed by atoms with E-state index < -0.39 is 0 Å². The number of piperazine rings is 1. The Balaban J connectivity index is 1.92. The topological polar surface area (TPSA) is 40.6 Å². The quantitative estimate of drug-likeness (QED) is 0.790. The number of hydrogen-bond donors (Lipinski definition) is 0. The van der Waals surface area contributed by atoms with E-state index >= 15 is 0 Å². The van der Waals surface area contributed by atoms with E-state index in [2.05, 4.69) is 15.9 Å². The maximum Gasteiger partial charge on any atom is 0.250 e. The van der Waals surface area contributed by atoms with Gasteiger partial charge in [0.15, 0.2) is 0 Å². The van der Waals surface area contributed by atoms with Crippen molar-refractivity contribution in [2.24, 2.45) is 0 Å². The fraction of sp³-hybridized carbons (Fsp3) is 0.467. The molecule has 2 fully saturated rings. The van der Waals surface area contributed by atoms with Gasteiger partial charge < -0.3 is 9.80 Å². The zero-order valence-electron chi connectivity index (χ0n) is 11.4. The summed E-state index contributed by atoms with van der Waals surface area (Å²) >= 11 is 3.46. The molecule has 1 atom stereocenters. The molecule has 0 spiro atoms. The lowest BCUT2D eigenvalue weighted by Gasteiger charge is -2.42. The molecule has 0 N–H and O–H groups in total. The average molecular weight is 337 g/mol. The first-order chi connectivity index (χ1) is 9.58. The second-order valence-electron chi connectivity index (χ2n) is 5.46. The van der Waals surface area contributed by atoms with Crippen molar-refractivity contribution in [3.8, 4) is 0 Å². The van der Waals surface area contributed by atoms with Crippen molar-refractivity contribution >= 4 is 33.4 Å². The number of fused-ring (bicyclic) bond motifs is 1. The van der Waals surface area contributed by atoms with Crippen molar-refractivity contribution in [2.45, 2.75) is 32.2 Å². The molecule has 3 rings (SSSR count). The average Bonchev–Trinajstić information content (AvgIpc) is 2.46. The summed E-state index contributed by atoms with van der Waals surface area (Å²) in [4.78, 5) is 28.2. The molecule has 5 heteroatoms. The van der Waals surface area contributed by atoms with E-state index in [1.165, 1.54) is 0 Å². The van der Waals surface area contributed by atoms with Crippen LogP contribution >= 0.6 is 15.9 Å². The van der Waals surface area contributed by atoms with Gasteiger partial charge in [0.2, 0.25) is 11.8 Å². The number of carbonyl (C=O) groups excluding carboxylic acids is 2. The Hall–Kier alpha value is -1.36. The van der Waals surface area contributed by atoms with Crippen LogP contribution in [0.25, 0.3) is 0 Å². The highest BCUT2D eigenvalue weighted by Crippen LogP contribution is 2.29. The van der Waals surface area contributed by atoms with Crippen molar-refractivity contribution in [2.75, 3.05) is 18.0 Å². The lowest BCUT2D eigenvalue weighted by atomic mass is 9.98. The largest absolute Gasteiger partial charge is 0.329 e. The lowest BCUT2D eigenvalue weighted by Crippen LogP contribution is -2.61. The SMILES string of the molecule is Cc1cc(N2CC(=O)N3CCCCC3C2=O)ccc1Br. The van der Waals surface area contributed by atoms with Crippen LogP contribution < -0.4 is 4.90 Å². The van der Waals surface area contributed by atoms with Crippen LogP contribution in [-0.4, -0.2) is 35.8 Å². The Bertz CT molecular complexity index is 573. The number of piperidine rings is 1. The van der Waals surface area contributed by atoms with E-state index in [1.54, 1.807) is 9.80 Å². The fourth-order valence-corrected chi connectivity index (χ4v) is 3.23. The second kappa shape index (κ2) is 5.20. The van der Waals surface area contributed by atoms with E-state index in [0.717, 1.165) is 41.5 Å². The Morgan fingerprint density at radius 2 is 2.05 bits per heavy atom. The maximum absolute atomic E-state index is 12.6. The molecule has 0 radical (unpaired) electrons. The zero-order chi connectivity index (χ0) is 14.3. The van der Waals surface area contributed by atoms with E-state index in [9.17, 15) is 9.59 Å². The molecule has 1 aromatic carbocycles. The number of amides is 2. The van der Waals surface area contributed by atoms with Crippen LogP contribution in [0.4, 0.5) is 5.69 Å².